The van der Waals surface area contributed by atoms with Crippen LogP contribution in [0.15, 0.2) is 0 Å². The van der Waals surface area contributed by atoms with Gasteiger partial charge in [-0.1, -0.05) is 0 Å². The Hall–Kier alpha value is -1.34. The predicted octanol–water partition coefficient (Wildman–Crippen LogP) is -0.671. The van der Waals surface area contributed by atoms with E-state index in [0.29, 0.717) is 19.0 Å². The molecule has 5 atom stereocenters. The molecule has 3 fully saturated rings. The van der Waals surface area contributed by atoms with Crippen molar-refractivity contribution in [2.24, 2.45) is 11.8 Å². The average molecular weight is 284 g/mol. The summed E-state index contributed by atoms with van der Waals surface area (Å²) in [6, 6.07) is -1.27. The maximum absolute atomic E-state index is 12.4. The van der Waals surface area contributed by atoms with Crippen LogP contribution in [0.3, 0.4) is 0 Å². The zero-order valence-electron chi connectivity index (χ0n) is 11.2. The third-order valence-electron chi connectivity index (χ3n) is 4.90. The summed E-state index contributed by atoms with van der Waals surface area (Å²) in [5.41, 5.74) is 0. The lowest BCUT2D eigenvalue weighted by atomic mass is 10.00. The Bertz CT molecular complexity index is 429. The summed E-state index contributed by atoms with van der Waals surface area (Å²) in [5, 5.41) is 28.6. The van der Waals surface area contributed by atoms with Crippen molar-refractivity contribution in [3.05, 3.63) is 0 Å². The Morgan fingerprint density at radius 2 is 1.80 bits per heavy atom. The zero-order chi connectivity index (χ0) is 14.4. The van der Waals surface area contributed by atoms with E-state index >= 15 is 0 Å². The number of carboxylic acid groups (broad SMARTS) is 1. The van der Waals surface area contributed by atoms with Gasteiger partial charge in [0.2, 0.25) is 0 Å². The first-order valence-corrected chi connectivity index (χ1v) is 7.12. The van der Waals surface area contributed by atoms with E-state index in [1.54, 1.807) is 4.90 Å². The monoisotopic (exact) mass is 284 g/mol. The number of aliphatic hydroxyl groups is 2. The fourth-order valence-corrected chi connectivity index (χ4v) is 3.83. The van der Waals surface area contributed by atoms with Gasteiger partial charge in [-0.15, -0.1) is 0 Å². The topological polar surface area (TPSA) is 101 Å². The molecule has 1 saturated carbocycles. The van der Waals surface area contributed by atoms with Crippen LogP contribution < -0.4 is 0 Å². The number of aliphatic hydroxyl groups excluding tert-OH is 2. The Morgan fingerprint density at radius 1 is 1.05 bits per heavy atom. The van der Waals surface area contributed by atoms with Crippen LogP contribution in [0.1, 0.15) is 19.3 Å². The summed E-state index contributed by atoms with van der Waals surface area (Å²) in [6.45, 7) is 1.15. The summed E-state index contributed by atoms with van der Waals surface area (Å²) < 4.78 is 0. The number of nitrogens with zero attached hydrogens (tertiary/aromatic N) is 2. The standard InChI is InChI=1S/C13H20N2O5/c16-8-3-10(12(18)19)15(5-8)13(20)14-4-7-1-2-11(17)9(7)6-14/h7-11,16-17H,1-6H2,(H,18,19)/t7?,8-,9?,10-,11?/m0/s1. The number of urea groups is 1. The lowest BCUT2D eigenvalue weighted by molar-refractivity contribution is -0.141. The molecule has 3 rings (SSSR count). The van der Waals surface area contributed by atoms with Crippen molar-refractivity contribution in [2.75, 3.05) is 19.6 Å². The minimum absolute atomic E-state index is 0.0736. The largest absolute Gasteiger partial charge is 0.480 e. The first kappa shape index (κ1) is 13.6. The van der Waals surface area contributed by atoms with Crippen molar-refractivity contribution in [3.8, 4) is 0 Å². The van der Waals surface area contributed by atoms with Crippen LogP contribution >= 0.6 is 0 Å². The highest BCUT2D eigenvalue weighted by molar-refractivity contribution is 5.83. The van der Waals surface area contributed by atoms with Crippen LogP contribution in [0.25, 0.3) is 0 Å². The Morgan fingerprint density at radius 3 is 2.45 bits per heavy atom. The molecule has 3 N–H and O–H groups in total. The number of hydrogen-bond donors (Lipinski definition) is 3. The number of carbonyl (C=O) groups excluding carboxylic acids is 1. The quantitative estimate of drug-likeness (QED) is 0.593. The van der Waals surface area contributed by atoms with E-state index in [2.05, 4.69) is 0 Å². The minimum atomic E-state index is -1.07. The van der Waals surface area contributed by atoms with Gasteiger partial charge in [-0.25, -0.2) is 9.59 Å². The van der Waals surface area contributed by atoms with Crippen molar-refractivity contribution in [3.63, 3.8) is 0 Å². The molecule has 2 saturated heterocycles. The highest BCUT2D eigenvalue weighted by atomic mass is 16.4. The molecule has 0 spiro atoms. The van der Waals surface area contributed by atoms with Crippen molar-refractivity contribution < 1.29 is 24.9 Å². The normalized spacial score (nSPS) is 40.2. The maximum atomic E-state index is 12.4. The van der Waals surface area contributed by atoms with Crippen LogP contribution in [0.2, 0.25) is 0 Å². The number of likely N-dealkylation sites (tertiary alicyclic amines) is 2. The van der Waals surface area contributed by atoms with Gasteiger partial charge in [0.1, 0.15) is 6.04 Å². The maximum Gasteiger partial charge on any atom is 0.326 e. The lowest BCUT2D eigenvalue weighted by Gasteiger charge is -2.28. The summed E-state index contributed by atoms with van der Waals surface area (Å²) in [7, 11) is 0. The van der Waals surface area contributed by atoms with Crippen LogP contribution in [-0.2, 0) is 4.79 Å². The second-order valence-corrected chi connectivity index (χ2v) is 6.15. The molecular formula is C13H20N2O5. The molecular weight excluding hydrogens is 264 g/mol. The molecule has 3 aliphatic rings. The number of aliphatic carboxylic acids is 1. The minimum Gasteiger partial charge on any atom is -0.480 e. The SMILES string of the molecule is O=C(O)[C@@H]1C[C@H](O)CN1C(=O)N1CC2CCC(O)C2C1. The Balaban J connectivity index is 1.69. The van der Waals surface area contributed by atoms with Crippen molar-refractivity contribution in [2.45, 2.75) is 37.5 Å². The van der Waals surface area contributed by atoms with E-state index in [9.17, 15) is 19.8 Å². The first-order valence-electron chi connectivity index (χ1n) is 7.12. The summed E-state index contributed by atoms with van der Waals surface area (Å²) >= 11 is 0. The molecule has 2 amide bonds. The van der Waals surface area contributed by atoms with Crippen LogP contribution in [0, 0.1) is 11.8 Å². The van der Waals surface area contributed by atoms with Crippen molar-refractivity contribution in [1.29, 1.82) is 0 Å². The molecule has 0 radical (unpaired) electrons. The number of rotatable bonds is 1. The molecule has 2 aliphatic heterocycles. The van der Waals surface area contributed by atoms with E-state index in [0.717, 1.165) is 12.8 Å². The van der Waals surface area contributed by atoms with Crippen molar-refractivity contribution in [1.82, 2.24) is 9.80 Å². The van der Waals surface area contributed by atoms with Crippen LogP contribution in [0.5, 0.6) is 0 Å². The molecule has 2 heterocycles. The van der Waals surface area contributed by atoms with Crippen molar-refractivity contribution >= 4 is 12.0 Å². The summed E-state index contributed by atoms with van der Waals surface area (Å²) in [5.74, 6) is -0.631. The highest BCUT2D eigenvalue weighted by Gasteiger charge is 2.47. The van der Waals surface area contributed by atoms with E-state index in [1.807, 2.05) is 0 Å². The molecule has 0 aromatic heterocycles. The predicted molar refractivity (Wildman–Crippen MR) is 67.9 cm³/mol. The zero-order valence-corrected chi connectivity index (χ0v) is 11.2. The van der Waals surface area contributed by atoms with Gasteiger partial charge < -0.3 is 25.1 Å². The molecule has 1 aliphatic carbocycles. The van der Waals surface area contributed by atoms with Gasteiger partial charge in [0.25, 0.3) is 0 Å². The van der Waals surface area contributed by atoms with Gasteiger partial charge in [0, 0.05) is 32.0 Å². The molecule has 7 nitrogen and oxygen atoms in total. The molecule has 0 bridgehead atoms. The van der Waals surface area contributed by atoms with E-state index in [4.69, 9.17) is 5.11 Å². The van der Waals surface area contributed by atoms with E-state index < -0.39 is 18.1 Å². The number of fused-ring (bicyclic) bond motifs is 1. The van der Waals surface area contributed by atoms with Gasteiger partial charge in [-0.2, -0.15) is 0 Å². The lowest BCUT2D eigenvalue weighted by Crippen LogP contribution is -2.48. The number of carbonyl (C=O) groups is 2. The summed E-state index contributed by atoms with van der Waals surface area (Å²) in [4.78, 5) is 26.5. The highest BCUT2D eigenvalue weighted by Crippen LogP contribution is 2.38. The smallest absolute Gasteiger partial charge is 0.326 e. The van der Waals surface area contributed by atoms with Gasteiger partial charge in [0.15, 0.2) is 0 Å². The van der Waals surface area contributed by atoms with Crippen LogP contribution in [0.4, 0.5) is 4.79 Å². The second-order valence-electron chi connectivity index (χ2n) is 6.15. The van der Waals surface area contributed by atoms with Gasteiger partial charge >= 0.3 is 12.0 Å². The van der Waals surface area contributed by atoms with E-state index in [-0.39, 0.29) is 31.0 Å². The third kappa shape index (κ3) is 2.14. The number of hydrogen-bond acceptors (Lipinski definition) is 4. The summed E-state index contributed by atoms with van der Waals surface area (Å²) in [6.07, 6.45) is 0.674. The fourth-order valence-electron chi connectivity index (χ4n) is 3.83. The molecule has 0 aromatic rings. The Kier molecular flexibility index (Phi) is 3.33. The van der Waals surface area contributed by atoms with Crippen LogP contribution in [-0.4, -0.2) is 75.0 Å². The first-order chi connectivity index (χ1) is 9.47. The fraction of sp³-hybridized carbons (Fsp3) is 0.846. The number of carboxylic acids is 1. The molecule has 112 valence electrons. The number of amides is 2. The van der Waals surface area contributed by atoms with Gasteiger partial charge in [0.05, 0.1) is 12.2 Å². The van der Waals surface area contributed by atoms with Gasteiger partial charge in [-0.05, 0) is 18.8 Å². The Labute approximate surface area is 116 Å². The average Bonchev–Trinajstić information content (AvgIpc) is 3.05. The molecule has 7 heteroatoms. The molecule has 3 unspecified atom stereocenters. The number of β-amino-alcohol motifs (C(OH)–C–C–N with tert-alkyl or cyclic N) is 1. The van der Waals surface area contributed by atoms with E-state index in [1.165, 1.54) is 4.90 Å². The molecule has 20 heavy (non-hydrogen) atoms. The molecule has 0 aromatic carbocycles. The second kappa shape index (κ2) is 4.89. The van der Waals surface area contributed by atoms with Gasteiger partial charge in [-0.3, -0.25) is 0 Å². The third-order valence-corrected chi connectivity index (χ3v) is 4.90.